The minimum atomic E-state index is -0.967. The molecule has 6 atom stereocenters. The number of amides is 2. The zero-order valence-electron chi connectivity index (χ0n) is 23.8. The van der Waals surface area contributed by atoms with Gasteiger partial charge in [0.1, 0.15) is 16.8 Å². The van der Waals surface area contributed by atoms with Gasteiger partial charge in [-0.25, -0.2) is 4.98 Å². The number of carbonyl (C=O) groups is 3. The summed E-state index contributed by atoms with van der Waals surface area (Å²) in [6.07, 6.45) is 0.838. The maximum Gasteiger partial charge on any atom is 0.306 e. The van der Waals surface area contributed by atoms with E-state index in [9.17, 15) is 24.6 Å². The maximum absolute atomic E-state index is 13.1. The Labute approximate surface area is 235 Å². The molecule has 0 unspecified atom stereocenters. The number of aliphatic carboxylic acids is 1. The van der Waals surface area contributed by atoms with E-state index in [-0.39, 0.29) is 42.3 Å². The topological polar surface area (TPSA) is 146 Å². The Bertz CT molecular complexity index is 1080. The first-order chi connectivity index (χ1) is 18.3. The van der Waals surface area contributed by atoms with Crippen LogP contribution in [0.1, 0.15) is 81.0 Å². The number of rotatable bonds is 15. The minimum absolute atomic E-state index is 0.0434. The number of hydrogen-bond donors (Lipinski definition) is 4. The summed E-state index contributed by atoms with van der Waals surface area (Å²) in [5.41, 5.74) is 7.34. The van der Waals surface area contributed by atoms with Gasteiger partial charge in [-0.15, -0.1) is 11.3 Å². The smallest absolute Gasteiger partial charge is 0.306 e. The molecule has 10 heteroatoms. The van der Waals surface area contributed by atoms with Crippen molar-refractivity contribution < 1.29 is 24.6 Å². The number of nitrogens with one attached hydrogen (secondary N) is 1. The highest BCUT2D eigenvalue weighted by atomic mass is 32.1. The van der Waals surface area contributed by atoms with Crippen LogP contribution in [0.3, 0.4) is 0 Å². The lowest BCUT2D eigenvalue weighted by Gasteiger charge is -2.35. The van der Waals surface area contributed by atoms with Crippen LogP contribution in [-0.2, 0) is 16.0 Å². The molecule has 2 aromatic rings. The molecular formula is C29H44N4O5S. The number of benzene rings is 1. The number of aliphatic hydroxyl groups is 1. The van der Waals surface area contributed by atoms with Crippen molar-refractivity contribution in [2.75, 3.05) is 7.05 Å². The molecule has 2 amide bonds. The highest BCUT2D eigenvalue weighted by Crippen LogP contribution is 2.27. The first kappa shape index (κ1) is 32.4. The molecule has 1 aromatic carbocycles. The summed E-state index contributed by atoms with van der Waals surface area (Å²) >= 11 is 1.18. The number of thiazole rings is 1. The number of hydrogen-bond acceptors (Lipinski definition) is 7. The molecular weight excluding hydrogens is 516 g/mol. The number of aromatic nitrogens is 1. The van der Waals surface area contributed by atoms with E-state index in [0.717, 1.165) is 12.0 Å². The Morgan fingerprint density at radius 3 is 2.31 bits per heavy atom. The number of aliphatic hydroxyl groups excluding tert-OH is 1. The third-order valence-corrected chi connectivity index (χ3v) is 8.33. The van der Waals surface area contributed by atoms with E-state index in [2.05, 4.69) is 10.3 Å². The molecule has 0 bridgehead atoms. The predicted octanol–water partition coefficient (Wildman–Crippen LogP) is 3.87. The molecule has 0 spiro atoms. The Morgan fingerprint density at radius 1 is 1.10 bits per heavy atom. The van der Waals surface area contributed by atoms with Crippen LogP contribution in [-0.4, -0.2) is 63.1 Å². The zero-order valence-corrected chi connectivity index (χ0v) is 24.6. The van der Waals surface area contributed by atoms with Crippen molar-refractivity contribution in [2.45, 2.75) is 84.5 Å². The number of carboxylic acid groups (broad SMARTS) is 1. The van der Waals surface area contributed by atoms with Crippen LogP contribution in [0.5, 0.6) is 0 Å². The molecule has 5 N–H and O–H groups in total. The number of carbonyl (C=O) groups excluding carboxylic acids is 2. The summed E-state index contributed by atoms with van der Waals surface area (Å²) in [5, 5.41) is 25.3. The molecule has 0 saturated heterocycles. The van der Waals surface area contributed by atoms with Crippen molar-refractivity contribution in [3.05, 3.63) is 52.0 Å². The summed E-state index contributed by atoms with van der Waals surface area (Å²) in [6.45, 7) is 9.54. The Morgan fingerprint density at radius 2 is 1.74 bits per heavy atom. The number of nitrogens with zero attached hydrogens (tertiary/aromatic N) is 2. The van der Waals surface area contributed by atoms with E-state index in [1.165, 1.54) is 11.3 Å². The van der Waals surface area contributed by atoms with Crippen LogP contribution in [0.2, 0.25) is 0 Å². The van der Waals surface area contributed by atoms with Crippen LogP contribution in [0, 0.1) is 17.8 Å². The second-order valence-electron chi connectivity index (χ2n) is 10.8. The Balaban J connectivity index is 2.12. The molecule has 0 radical (unpaired) electrons. The van der Waals surface area contributed by atoms with E-state index in [0.29, 0.717) is 11.4 Å². The van der Waals surface area contributed by atoms with Gasteiger partial charge in [0.25, 0.3) is 5.91 Å². The van der Waals surface area contributed by atoms with Crippen LogP contribution in [0.25, 0.3) is 0 Å². The van der Waals surface area contributed by atoms with E-state index in [4.69, 9.17) is 5.73 Å². The zero-order chi connectivity index (χ0) is 29.3. The molecule has 216 valence electrons. The van der Waals surface area contributed by atoms with Crippen molar-refractivity contribution in [3.63, 3.8) is 0 Å². The molecule has 0 saturated carbocycles. The van der Waals surface area contributed by atoms with Gasteiger partial charge in [-0.05, 0) is 30.2 Å². The predicted molar refractivity (Wildman–Crippen MR) is 153 cm³/mol. The third kappa shape index (κ3) is 9.40. The van der Waals surface area contributed by atoms with Crippen LogP contribution >= 0.6 is 11.3 Å². The molecule has 0 aliphatic rings. The Hall–Kier alpha value is -2.82. The van der Waals surface area contributed by atoms with Gasteiger partial charge in [-0.2, -0.15) is 0 Å². The third-order valence-electron chi connectivity index (χ3n) is 7.38. The van der Waals surface area contributed by atoms with Gasteiger partial charge in [-0.1, -0.05) is 71.4 Å². The minimum Gasteiger partial charge on any atom is -0.481 e. The fourth-order valence-electron chi connectivity index (χ4n) is 4.53. The van der Waals surface area contributed by atoms with Gasteiger partial charge >= 0.3 is 5.97 Å². The quantitative estimate of drug-likeness (QED) is 0.259. The fourth-order valence-corrected chi connectivity index (χ4v) is 5.32. The lowest BCUT2D eigenvalue weighted by atomic mass is 9.93. The van der Waals surface area contributed by atoms with Crippen LogP contribution in [0.4, 0.5) is 0 Å². The monoisotopic (exact) mass is 560 g/mol. The molecule has 1 heterocycles. The summed E-state index contributed by atoms with van der Waals surface area (Å²) in [5.74, 6) is -2.02. The first-order valence-corrected chi connectivity index (χ1v) is 14.5. The van der Waals surface area contributed by atoms with Gasteiger partial charge in [0.2, 0.25) is 5.91 Å². The maximum atomic E-state index is 13.1. The van der Waals surface area contributed by atoms with E-state index < -0.39 is 36.0 Å². The molecule has 2 rings (SSSR count). The molecule has 0 fully saturated rings. The van der Waals surface area contributed by atoms with Crippen molar-refractivity contribution in [2.24, 2.45) is 23.5 Å². The highest BCUT2D eigenvalue weighted by Gasteiger charge is 2.32. The largest absolute Gasteiger partial charge is 0.481 e. The summed E-state index contributed by atoms with van der Waals surface area (Å²) in [4.78, 5) is 43.5. The number of likely N-dealkylation sites (N-methyl/N-ethyl adjacent to an activating group) is 1. The standard InChI is InChI=1S/C29H44N4O5S/c1-7-18(4)25(30)28(36)33(6)23(17(2)3)15-24(34)27-32-22(16-39-27)26(35)31-21(13-19(5)29(37)38)14-20-11-9-8-10-12-20/h8-12,16-19,21,23-25,34H,7,13-15,30H2,1-6H3,(H,31,35)(H,37,38)/t18-,19-,21+,23+,24+,25-/m0/s1. The van der Waals surface area contributed by atoms with E-state index in [1.54, 1.807) is 24.3 Å². The first-order valence-electron chi connectivity index (χ1n) is 13.6. The van der Waals surface area contributed by atoms with Gasteiger partial charge < -0.3 is 26.2 Å². The second kappa shape index (κ2) is 15.1. The molecule has 0 aliphatic carbocycles. The summed E-state index contributed by atoms with van der Waals surface area (Å²) in [6, 6.07) is 8.29. The number of nitrogens with two attached hydrogens (primary N) is 1. The van der Waals surface area contributed by atoms with E-state index >= 15 is 0 Å². The molecule has 39 heavy (non-hydrogen) atoms. The van der Waals surface area contributed by atoms with Crippen LogP contribution < -0.4 is 11.1 Å². The molecule has 1 aromatic heterocycles. The molecule has 9 nitrogen and oxygen atoms in total. The van der Waals surface area contributed by atoms with Crippen molar-refractivity contribution in [1.29, 1.82) is 0 Å². The van der Waals surface area contributed by atoms with Gasteiger partial charge in [0.15, 0.2) is 0 Å². The lowest BCUT2D eigenvalue weighted by Crippen LogP contribution is -2.51. The fraction of sp³-hybridized carbons (Fsp3) is 0.586. The SMILES string of the molecule is CC[C@H](C)[C@H](N)C(=O)N(C)[C@H](C[C@@H](O)c1nc(C(=O)N[C@@H](Cc2ccccc2)C[C@H](C)C(=O)O)cs1)C(C)C. The van der Waals surface area contributed by atoms with Gasteiger partial charge in [0.05, 0.1) is 12.0 Å². The van der Waals surface area contributed by atoms with Crippen molar-refractivity contribution in [1.82, 2.24) is 15.2 Å². The van der Waals surface area contributed by atoms with Gasteiger partial charge in [-0.3, -0.25) is 14.4 Å². The van der Waals surface area contributed by atoms with E-state index in [1.807, 2.05) is 58.0 Å². The molecule has 0 aliphatic heterocycles. The van der Waals surface area contributed by atoms with Gasteiger partial charge in [0, 0.05) is 30.9 Å². The second-order valence-corrected chi connectivity index (χ2v) is 11.7. The summed E-state index contributed by atoms with van der Waals surface area (Å²) < 4.78 is 0. The number of carboxylic acids is 1. The highest BCUT2D eigenvalue weighted by molar-refractivity contribution is 7.09. The average molecular weight is 561 g/mol. The van der Waals surface area contributed by atoms with Crippen molar-refractivity contribution in [3.8, 4) is 0 Å². The average Bonchev–Trinajstić information content (AvgIpc) is 3.41. The lowest BCUT2D eigenvalue weighted by molar-refractivity contribution is -0.141. The van der Waals surface area contributed by atoms with Crippen LogP contribution in [0.15, 0.2) is 35.7 Å². The normalized spacial score (nSPS) is 16.1. The summed E-state index contributed by atoms with van der Waals surface area (Å²) in [7, 11) is 1.72. The Kier molecular flexibility index (Phi) is 12.5. The van der Waals surface area contributed by atoms with Crippen molar-refractivity contribution >= 4 is 29.1 Å².